The summed E-state index contributed by atoms with van der Waals surface area (Å²) in [6.45, 7) is 5.64. The number of hydrogen-bond donors (Lipinski definition) is 1. The summed E-state index contributed by atoms with van der Waals surface area (Å²) >= 11 is 0. The first-order valence-electron chi connectivity index (χ1n) is 7.14. The van der Waals surface area contributed by atoms with Crippen LogP contribution in [0, 0.1) is 5.92 Å². The average molecular weight is 286 g/mol. The molecule has 0 saturated carbocycles. The maximum atomic E-state index is 5.72. The molecule has 1 heterocycles. The minimum absolute atomic E-state index is 0.516. The van der Waals surface area contributed by atoms with Gasteiger partial charge in [0.1, 0.15) is 5.75 Å². The molecule has 2 aromatic rings. The van der Waals surface area contributed by atoms with E-state index in [1.165, 1.54) is 0 Å². The third-order valence-corrected chi connectivity index (χ3v) is 2.88. The van der Waals surface area contributed by atoms with E-state index in [2.05, 4.69) is 24.1 Å². The summed E-state index contributed by atoms with van der Waals surface area (Å²) in [7, 11) is 1.62. The molecule has 0 aliphatic rings. The lowest BCUT2D eigenvalue weighted by Gasteiger charge is -2.11. The molecule has 0 fully saturated rings. The van der Waals surface area contributed by atoms with Gasteiger partial charge in [0.15, 0.2) is 0 Å². The lowest BCUT2D eigenvalue weighted by atomic mass is 10.2. The van der Waals surface area contributed by atoms with Crippen molar-refractivity contribution in [3.05, 3.63) is 48.2 Å². The molecule has 0 aliphatic carbocycles. The van der Waals surface area contributed by atoms with E-state index < -0.39 is 0 Å². The molecule has 0 aliphatic heterocycles. The summed E-state index contributed by atoms with van der Waals surface area (Å²) in [5, 5.41) is 3.34. The van der Waals surface area contributed by atoms with Crippen molar-refractivity contribution >= 4 is 5.69 Å². The standard InChI is InChI=1S/C17H22N2O2/c1-13(2)12-21-16-8-4-6-14(10-16)18-11-15-7-5-9-17(19-15)20-3/h4-10,13,18H,11-12H2,1-3H3. The maximum Gasteiger partial charge on any atom is 0.213 e. The van der Waals surface area contributed by atoms with Gasteiger partial charge in [-0.1, -0.05) is 26.0 Å². The van der Waals surface area contributed by atoms with Gasteiger partial charge in [0.05, 0.1) is 26.0 Å². The van der Waals surface area contributed by atoms with E-state index in [0.717, 1.165) is 23.7 Å². The van der Waals surface area contributed by atoms with Crippen molar-refractivity contribution in [2.24, 2.45) is 5.92 Å². The highest BCUT2D eigenvalue weighted by molar-refractivity contribution is 5.48. The lowest BCUT2D eigenvalue weighted by Crippen LogP contribution is -2.05. The van der Waals surface area contributed by atoms with Crippen molar-refractivity contribution in [3.63, 3.8) is 0 Å². The largest absolute Gasteiger partial charge is 0.493 e. The monoisotopic (exact) mass is 286 g/mol. The zero-order chi connectivity index (χ0) is 15.1. The Morgan fingerprint density at radius 3 is 2.71 bits per heavy atom. The van der Waals surface area contributed by atoms with Gasteiger partial charge < -0.3 is 14.8 Å². The third kappa shape index (κ3) is 4.99. The van der Waals surface area contributed by atoms with E-state index in [1.807, 2.05) is 42.5 Å². The molecular formula is C17H22N2O2. The molecule has 0 atom stereocenters. The summed E-state index contributed by atoms with van der Waals surface area (Å²) < 4.78 is 10.8. The SMILES string of the molecule is COc1cccc(CNc2cccc(OCC(C)C)c2)n1. The quantitative estimate of drug-likeness (QED) is 0.842. The molecular weight excluding hydrogens is 264 g/mol. The van der Waals surface area contributed by atoms with E-state index in [0.29, 0.717) is 18.3 Å². The molecule has 1 aromatic heterocycles. The van der Waals surface area contributed by atoms with Crippen LogP contribution in [-0.4, -0.2) is 18.7 Å². The van der Waals surface area contributed by atoms with Crippen LogP contribution in [0.25, 0.3) is 0 Å². The number of ether oxygens (including phenoxy) is 2. The van der Waals surface area contributed by atoms with Crippen LogP contribution in [0.4, 0.5) is 5.69 Å². The van der Waals surface area contributed by atoms with E-state index >= 15 is 0 Å². The second-order valence-electron chi connectivity index (χ2n) is 5.26. The van der Waals surface area contributed by atoms with Gasteiger partial charge in [-0.2, -0.15) is 0 Å². The highest BCUT2D eigenvalue weighted by atomic mass is 16.5. The third-order valence-electron chi connectivity index (χ3n) is 2.88. The van der Waals surface area contributed by atoms with E-state index in [9.17, 15) is 0 Å². The van der Waals surface area contributed by atoms with Gasteiger partial charge in [-0.05, 0) is 24.1 Å². The number of rotatable bonds is 7. The molecule has 1 aromatic carbocycles. The molecule has 0 amide bonds. The Labute approximate surface area is 126 Å². The highest BCUT2D eigenvalue weighted by Gasteiger charge is 2.01. The predicted molar refractivity (Wildman–Crippen MR) is 84.9 cm³/mol. The highest BCUT2D eigenvalue weighted by Crippen LogP contribution is 2.18. The van der Waals surface area contributed by atoms with Crippen LogP contribution in [0.15, 0.2) is 42.5 Å². The van der Waals surface area contributed by atoms with Gasteiger partial charge in [-0.25, -0.2) is 4.98 Å². The van der Waals surface area contributed by atoms with Crippen molar-refractivity contribution in [3.8, 4) is 11.6 Å². The minimum Gasteiger partial charge on any atom is -0.493 e. The minimum atomic E-state index is 0.516. The summed E-state index contributed by atoms with van der Waals surface area (Å²) in [4.78, 5) is 4.37. The Bertz CT molecular complexity index is 570. The van der Waals surface area contributed by atoms with E-state index in [-0.39, 0.29) is 0 Å². The van der Waals surface area contributed by atoms with Crippen LogP contribution in [0.3, 0.4) is 0 Å². The zero-order valence-corrected chi connectivity index (χ0v) is 12.8. The molecule has 0 bridgehead atoms. The fourth-order valence-electron chi connectivity index (χ4n) is 1.82. The molecule has 2 rings (SSSR count). The van der Waals surface area contributed by atoms with Crippen LogP contribution < -0.4 is 14.8 Å². The van der Waals surface area contributed by atoms with Crippen molar-refractivity contribution in [2.75, 3.05) is 19.0 Å². The van der Waals surface area contributed by atoms with Gasteiger partial charge in [-0.15, -0.1) is 0 Å². The van der Waals surface area contributed by atoms with Crippen molar-refractivity contribution in [2.45, 2.75) is 20.4 Å². The first-order valence-corrected chi connectivity index (χ1v) is 7.14. The summed E-state index contributed by atoms with van der Waals surface area (Å²) in [5.41, 5.74) is 1.95. The van der Waals surface area contributed by atoms with Crippen molar-refractivity contribution in [1.82, 2.24) is 4.98 Å². The zero-order valence-electron chi connectivity index (χ0n) is 12.8. The van der Waals surface area contributed by atoms with Crippen molar-refractivity contribution < 1.29 is 9.47 Å². The normalized spacial score (nSPS) is 10.5. The van der Waals surface area contributed by atoms with Crippen LogP contribution in [-0.2, 0) is 6.54 Å². The van der Waals surface area contributed by atoms with E-state index in [1.54, 1.807) is 7.11 Å². The molecule has 4 nitrogen and oxygen atoms in total. The van der Waals surface area contributed by atoms with E-state index in [4.69, 9.17) is 9.47 Å². The Morgan fingerprint density at radius 2 is 1.95 bits per heavy atom. The molecule has 4 heteroatoms. The first-order chi connectivity index (χ1) is 10.2. The molecule has 0 saturated heterocycles. The number of anilines is 1. The predicted octanol–water partition coefficient (Wildman–Crippen LogP) is 3.74. The van der Waals surface area contributed by atoms with Gasteiger partial charge in [0.25, 0.3) is 0 Å². The second-order valence-corrected chi connectivity index (χ2v) is 5.26. The van der Waals surface area contributed by atoms with Crippen LogP contribution >= 0.6 is 0 Å². The topological polar surface area (TPSA) is 43.4 Å². The Balaban J connectivity index is 1.94. The molecule has 112 valence electrons. The van der Waals surface area contributed by atoms with Gasteiger partial charge in [0.2, 0.25) is 5.88 Å². The summed E-state index contributed by atoms with van der Waals surface area (Å²) in [6, 6.07) is 13.7. The number of methoxy groups -OCH3 is 1. The molecule has 21 heavy (non-hydrogen) atoms. The van der Waals surface area contributed by atoms with Crippen LogP contribution in [0.2, 0.25) is 0 Å². The smallest absolute Gasteiger partial charge is 0.213 e. The Hall–Kier alpha value is -2.23. The van der Waals surface area contributed by atoms with Crippen LogP contribution in [0.5, 0.6) is 11.6 Å². The molecule has 0 unspecified atom stereocenters. The van der Waals surface area contributed by atoms with Gasteiger partial charge in [-0.3, -0.25) is 0 Å². The fourth-order valence-corrected chi connectivity index (χ4v) is 1.82. The number of nitrogens with zero attached hydrogens (tertiary/aromatic N) is 1. The number of hydrogen-bond acceptors (Lipinski definition) is 4. The Kier molecular flexibility index (Phi) is 5.43. The number of nitrogens with one attached hydrogen (secondary N) is 1. The second kappa shape index (κ2) is 7.53. The van der Waals surface area contributed by atoms with Gasteiger partial charge >= 0.3 is 0 Å². The Morgan fingerprint density at radius 1 is 1.14 bits per heavy atom. The van der Waals surface area contributed by atoms with Crippen LogP contribution in [0.1, 0.15) is 19.5 Å². The maximum absolute atomic E-state index is 5.72. The van der Waals surface area contributed by atoms with Gasteiger partial charge in [0, 0.05) is 17.8 Å². The lowest BCUT2D eigenvalue weighted by molar-refractivity contribution is 0.271. The van der Waals surface area contributed by atoms with Crippen molar-refractivity contribution in [1.29, 1.82) is 0 Å². The fraction of sp³-hybridized carbons (Fsp3) is 0.353. The number of pyridine rings is 1. The molecule has 1 N–H and O–H groups in total. The first kappa shape index (κ1) is 15.2. The number of benzene rings is 1. The molecule has 0 spiro atoms. The average Bonchev–Trinajstić information content (AvgIpc) is 2.51. The summed E-state index contributed by atoms with van der Waals surface area (Å²) in [5.74, 6) is 2.03. The summed E-state index contributed by atoms with van der Waals surface area (Å²) in [6.07, 6.45) is 0. The number of aromatic nitrogens is 1. The molecule has 0 radical (unpaired) electrons.